The number of nitrogens with two attached hydrogens (primary N) is 2. The van der Waals surface area contributed by atoms with Crippen LogP contribution < -0.4 is 11.5 Å². The minimum atomic E-state index is -6.17. The van der Waals surface area contributed by atoms with Crippen LogP contribution in [0.25, 0.3) is 0 Å². The number of amides is 1. The summed E-state index contributed by atoms with van der Waals surface area (Å²) in [4.78, 5) is 10.3. The standard InChI is InChI=1S/C7H9F7N2O/c8-5(6(9,10)11,7(12,13)14)2-3(15)1-4(16)17/h3H,1-2,15H2,(H2,16,17). The van der Waals surface area contributed by atoms with E-state index in [1.165, 1.54) is 0 Å². The van der Waals surface area contributed by atoms with Gasteiger partial charge in [0.15, 0.2) is 0 Å². The third-order valence-corrected chi connectivity index (χ3v) is 1.91. The van der Waals surface area contributed by atoms with Crippen LogP contribution in [0.2, 0.25) is 0 Å². The minimum Gasteiger partial charge on any atom is -0.370 e. The second kappa shape index (κ2) is 4.67. The Hall–Kier alpha value is -1.06. The lowest BCUT2D eigenvalue weighted by Gasteiger charge is -2.31. The Morgan fingerprint density at radius 3 is 1.59 bits per heavy atom. The summed E-state index contributed by atoms with van der Waals surface area (Å²) in [5.74, 6) is -1.22. The summed E-state index contributed by atoms with van der Waals surface area (Å²) in [6, 6.07) is -1.97. The van der Waals surface area contributed by atoms with Gasteiger partial charge in [-0.25, -0.2) is 4.39 Å². The van der Waals surface area contributed by atoms with Crippen molar-refractivity contribution < 1.29 is 35.5 Å². The molecule has 0 saturated carbocycles. The molecule has 0 bridgehead atoms. The molecule has 0 aliphatic carbocycles. The Balaban J connectivity index is 5.05. The van der Waals surface area contributed by atoms with Gasteiger partial charge in [-0.3, -0.25) is 4.79 Å². The molecule has 0 heterocycles. The van der Waals surface area contributed by atoms with Crippen LogP contribution >= 0.6 is 0 Å². The summed E-state index contributed by atoms with van der Waals surface area (Å²) in [5.41, 5.74) is 3.89. The molecular formula is C7H9F7N2O. The summed E-state index contributed by atoms with van der Waals surface area (Å²) in [6.45, 7) is 0. The van der Waals surface area contributed by atoms with Crippen molar-refractivity contribution in [1.29, 1.82) is 0 Å². The molecule has 1 unspecified atom stereocenters. The topological polar surface area (TPSA) is 69.1 Å². The number of primary amides is 1. The number of rotatable bonds is 4. The molecule has 0 fully saturated rings. The number of alkyl halides is 7. The number of carbonyl (C=O) groups excluding carboxylic acids is 1. The summed E-state index contributed by atoms with van der Waals surface area (Å²) >= 11 is 0. The van der Waals surface area contributed by atoms with Gasteiger partial charge < -0.3 is 11.5 Å². The molecule has 10 heteroatoms. The zero-order valence-corrected chi connectivity index (χ0v) is 8.20. The van der Waals surface area contributed by atoms with Gasteiger partial charge in [-0.15, -0.1) is 0 Å². The Kier molecular flexibility index (Phi) is 4.38. The molecule has 1 atom stereocenters. The maximum Gasteiger partial charge on any atom is 0.431 e. The van der Waals surface area contributed by atoms with Gasteiger partial charge in [-0.1, -0.05) is 0 Å². The van der Waals surface area contributed by atoms with Crippen LogP contribution in [0.15, 0.2) is 0 Å². The van der Waals surface area contributed by atoms with E-state index < -0.39 is 42.8 Å². The lowest BCUT2D eigenvalue weighted by atomic mass is 9.94. The molecule has 0 aromatic carbocycles. The van der Waals surface area contributed by atoms with Crippen LogP contribution in [0, 0.1) is 0 Å². The molecule has 0 saturated heterocycles. The van der Waals surface area contributed by atoms with Crippen molar-refractivity contribution in [3.8, 4) is 0 Å². The zero-order chi connectivity index (χ0) is 14.1. The average molecular weight is 270 g/mol. The largest absolute Gasteiger partial charge is 0.431 e. The second-order valence-electron chi connectivity index (χ2n) is 3.43. The molecule has 0 aliphatic rings. The van der Waals surface area contributed by atoms with Gasteiger partial charge in [0.05, 0.1) is 0 Å². The molecule has 1 amide bonds. The van der Waals surface area contributed by atoms with E-state index in [0.717, 1.165) is 0 Å². The fraction of sp³-hybridized carbons (Fsp3) is 0.857. The highest BCUT2D eigenvalue weighted by molar-refractivity contribution is 5.74. The highest BCUT2D eigenvalue weighted by Gasteiger charge is 2.72. The highest BCUT2D eigenvalue weighted by Crippen LogP contribution is 2.48. The molecule has 0 spiro atoms. The maximum atomic E-state index is 13.0. The van der Waals surface area contributed by atoms with Crippen LogP contribution in [0.1, 0.15) is 12.8 Å². The molecule has 17 heavy (non-hydrogen) atoms. The van der Waals surface area contributed by atoms with E-state index in [4.69, 9.17) is 5.73 Å². The van der Waals surface area contributed by atoms with Crippen molar-refractivity contribution in [2.24, 2.45) is 11.5 Å². The fourth-order valence-corrected chi connectivity index (χ4v) is 1.08. The molecular weight excluding hydrogens is 261 g/mol. The van der Waals surface area contributed by atoms with E-state index in [9.17, 15) is 35.5 Å². The molecule has 0 rings (SSSR count). The van der Waals surface area contributed by atoms with Crippen molar-refractivity contribution in [2.75, 3.05) is 0 Å². The van der Waals surface area contributed by atoms with Gasteiger partial charge in [-0.2, -0.15) is 26.3 Å². The fourth-order valence-electron chi connectivity index (χ4n) is 1.08. The van der Waals surface area contributed by atoms with Crippen LogP contribution in [-0.4, -0.2) is 30.0 Å². The van der Waals surface area contributed by atoms with Crippen LogP contribution in [0.3, 0.4) is 0 Å². The van der Waals surface area contributed by atoms with Gasteiger partial charge in [0.2, 0.25) is 5.91 Å². The minimum absolute atomic E-state index is 0.974. The summed E-state index contributed by atoms with van der Waals surface area (Å²) in [6.07, 6.45) is -15.4. The zero-order valence-electron chi connectivity index (χ0n) is 8.20. The third-order valence-electron chi connectivity index (χ3n) is 1.91. The molecule has 3 nitrogen and oxygen atoms in total. The van der Waals surface area contributed by atoms with Crippen LogP contribution in [-0.2, 0) is 4.79 Å². The van der Waals surface area contributed by atoms with Crippen molar-refractivity contribution in [3.63, 3.8) is 0 Å². The Bertz CT molecular complexity index is 271. The van der Waals surface area contributed by atoms with Gasteiger partial charge in [-0.05, 0) is 0 Å². The van der Waals surface area contributed by atoms with Crippen LogP contribution in [0.4, 0.5) is 30.7 Å². The third kappa shape index (κ3) is 3.72. The predicted molar refractivity (Wildman–Crippen MR) is 42.4 cm³/mol. The summed E-state index contributed by atoms with van der Waals surface area (Å²) < 4.78 is 85.2. The Morgan fingerprint density at radius 2 is 1.35 bits per heavy atom. The summed E-state index contributed by atoms with van der Waals surface area (Å²) in [7, 11) is 0. The smallest absolute Gasteiger partial charge is 0.370 e. The summed E-state index contributed by atoms with van der Waals surface area (Å²) in [5, 5.41) is 0. The quantitative estimate of drug-likeness (QED) is 0.758. The van der Waals surface area contributed by atoms with E-state index in [1.54, 1.807) is 0 Å². The van der Waals surface area contributed by atoms with Crippen molar-refractivity contribution >= 4 is 5.91 Å². The first-order valence-electron chi connectivity index (χ1n) is 4.17. The number of halogens is 7. The van der Waals surface area contributed by atoms with E-state index in [-0.39, 0.29) is 0 Å². The average Bonchev–Trinajstić information content (AvgIpc) is 1.97. The van der Waals surface area contributed by atoms with Gasteiger partial charge in [0.25, 0.3) is 0 Å². The van der Waals surface area contributed by atoms with Gasteiger partial charge >= 0.3 is 18.0 Å². The van der Waals surface area contributed by atoms with E-state index in [1.807, 2.05) is 0 Å². The predicted octanol–water partition coefficient (Wildman–Crippen LogP) is 1.41. The SMILES string of the molecule is NC(=O)CC(N)CC(F)(C(F)(F)F)C(F)(F)F. The van der Waals surface area contributed by atoms with Gasteiger partial charge in [0.1, 0.15) is 0 Å². The Labute approximate surface area is 90.9 Å². The first kappa shape index (κ1) is 15.9. The van der Waals surface area contributed by atoms with Crippen molar-refractivity contribution in [1.82, 2.24) is 0 Å². The second-order valence-corrected chi connectivity index (χ2v) is 3.43. The van der Waals surface area contributed by atoms with E-state index >= 15 is 0 Å². The van der Waals surface area contributed by atoms with E-state index in [0.29, 0.717) is 0 Å². The first-order chi connectivity index (χ1) is 7.31. The normalized spacial score (nSPS) is 15.8. The molecule has 0 aromatic rings. The van der Waals surface area contributed by atoms with Gasteiger partial charge in [0, 0.05) is 18.9 Å². The highest BCUT2D eigenvalue weighted by atomic mass is 19.4. The number of carbonyl (C=O) groups is 1. The van der Waals surface area contributed by atoms with Crippen LogP contribution in [0.5, 0.6) is 0 Å². The molecule has 0 aromatic heterocycles. The van der Waals surface area contributed by atoms with E-state index in [2.05, 4.69) is 5.73 Å². The lowest BCUT2D eigenvalue weighted by molar-refractivity contribution is -0.344. The molecule has 4 N–H and O–H groups in total. The van der Waals surface area contributed by atoms with Crippen molar-refractivity contribution in [2.45, 2.75) is 36.9 Å². The molecule has 102 valence electrons. The van der Waals surface area contributed by atoms with Crippen molar-refractivity contribution in [3.05, 3.63) is 0 Å². The Morgan fingerprint density at radius 1 is 1.00 bits per heavy atom. The molecule has 0 aliphatic heterocycles. The number of hydrogen-bond donors (Lipinski definition) is 2. The monoisotopic (exact) mass is 270 g/mol. The first-order valence-corrected chi connectivity index (χ1v) is 4.17. The molecule has 0 radical (unpaired) electrons. The maximum absolute atomic E-state index is 13.0. The number of hydrogen-bond acceptors (Lipinski definition) is 2. The lowest BCUT2D eigenvalue weighted by Crippen LogP contribution is -2.56.